The number of sulfone groups is 1. The molecule has 2 rings (SSSR count). The molecule has 0 saturated heterocycles. The lowest BCUT2D eigenvalue weighted by Gasteiger charge is -2.07. The molecule has 0 atom stereocenters. The third kappa shape index (κ3) is 5.38. The first-order chi connectivity index (χ1) is 12.3. The molecular weight excluding hydrogens is 364 g/mol. The Kier molecular flexibility index (Phi) is 6.46. The second kappa shape index (κ2) is 8.57. The highest BCUT2D eigenvalue weighted by Crippen LogP contribution is 2.21. The third-order valence-electron chi connectivity index (χ3n) is 3.41. The van der Waals surface area contributed by atoms with Crippen molar-refractivity contribution >= 4 is 27.5 Å². The molecule has 0 aliphatic rings. The Labute approximate surface area is 150 Å². The van der Waals surface area contributed by atoms with Gasteiger partial charge in [0.25, 0.3) is 0 Å². The number of carbonyl (C=O) groups excluding carboxylic acids is 1. The van der Waals surface area contributed by atoms with E-state index in [-0.39, 0.29) is 16.4 Å². The summed E-state index contributed by atoms with van der Waals surface area (Å²) in [5, 5.41) is 2.56. The van der Waals surface area contributed by atoms with Crippen molar-refractivity contribution < 1.29 is 26.7 Å². The molecule has 26 heavy (non-hydrogen) atoms. The minimum Gasteiger partial charge on any atom is -0.434 e. The van der Waals surface area contributed by atoms with E-state index in [0.29, 0.717) is 11.3 Å². The van der Waals surface area contributed by atoms with Crippen LogP contribution in [-0.4, -0.2) is 26.7 Å². The molecule has 0 radical (unpaired) electrons. The number of carbonyl (C=O) groups is 1. The maximum atomic E-state index is 12.4. The van der Waals surface area contributed by atoms with Crippen molar-refractivity contribution in [3.05, 3.63) is 60.2 Å². The average molecular weight is 381 g/mol. The van der Waals surface area contributed by atoms with E-state index in [4.69, 9.17) is 0 Å². The van der Waals surface area contributed by atoms with E-state index in [2.05, 4.69) is 10.1 Å². The molecule has 5 nitrogen and oxygen atoms in total. The predicted molar refractivity (Wildman–Crippen MR) is 94.9 cm³/mol. The smallest absolute Gasteiger partial charge is 0.387 e. The molecule has 0 aliphatic carbocycles. The lowest BCUT2D eigenvalue weighted by Crippen LogP contribution is -2.09. The van der Waals surface area contributed by atoms with Crippen LogP contribution in [0.25, 0.3) is 6.08 Å². The minimum absolute atomic E-state index is 0.0124. The fraction of sp³-hybridized carbons (Fsp3) is 0.167. The first-order valence-corrected chi connectivity index (χ1v) is 9.33. The highest BCUT2D eigenvalue weighted by atomic mass is 32.2. The molecule has 0 aliphatic heterocycles. The van der Waals surface area contributed by atoms with Gasteiger partial charge in [0.15, 0.2) is 9.84 Å². The molecule has 0 heterocycles. The van der Waals surface area contributed by atoms with E-state index < -0.39 is 22.4 Å². The third-order valence-corrected chi connectivity index (χ3v) is 5.16. The Balaban J connectivity index is 2.06. The van der Waals surface area contributed by atoms with Gasteiger partial charge in [-0.05, 0) is 36.4 Å². The largest absolute Gasteiger partial charge is 0.434 e. The zero-order chi connectivity index (χ0) is 19.2. The molecule has 0 bridgehead atoms. The predicted octanol–water partition coefficient (Wildman–Crippen LogP) is 3.73. The number of benzene rings is 2. The van der Waals surface area contributed by atoms with Gasteiger partial charge >= 0.3 is 6.61 Å². The fourth-order valence-corrected chi connectivity index (χ4v) is 2.97. The van der Waals surface area contributed by atoms with Crippen molar-refractivity contribution in [2.45, 2.75) is 18.4 Å². The molecule has 1 amide bonds. The number of amides is 1. The number of anilines is 1. The van der Waals surface area contributed by atoms with Gasteiger partial charge < -0.3 is 10.1 Å². The van der Waals surface area contributed by atoms with Crippen molar-refractivity contribution in [3.8, 4) is 5.75 Å². The summed E-state index contributed by atoms with van der Waals surface area (Å²) in [4.78, 5) is 12.1. The maximum Gasteiger partial charge on any atom is 0.387 e. The van der Waals surface area contributed by atoms with Crippen LogP contribution in [0.4, 0.5) is 14.5 Å². The summed E-state index contributed by atoms with van der Waals surface area (Å²) in [6, 6.07) is 11.8. The number of nitrogens with one attached hydrogen (secondary N) is 1. The van der Waals surface area contributed by atoms with Crippen LogP contribution in [-0.2, 0) is 14.6 Å². The van der Waals surface area contributed by atoms with Gasteiger partial charge in [-0.15, -0.1) is 0 Å². The van der Waals surface area contributed by atoms with Crippen LogP contribution >= 0.6 is 0 Å². The molecule has 0 spiro atoms. The second-order valence-corrected chi connectivity index (χ2v) is 7.44. The molecule has 2 aromatic rings. The number of hydrogen-bond acceptors (Lipinski definition) is 4. The molecule has 8 heteroatoms. The van der Waals surface area contributed by atoms with Gasteiger partial charge in [0.1, 0.15) is 5.75 Å². The average Bonchev–Trinajstić information content (AvgIpc) is 2.61. The summed E-state index contributed by atoms with van der Waals surface area (Å²) >= 11 is 0. The first kappa shape index (κ1) is 19.6. The van der Waals surface area contributed by atoms with Crippen molar-refractivity contribution in [2.75, 3.05) is 11.1 Å². The molecule has 0 aromatic heterocycles. The summed E-state index contributed by atoms with van der Waals surface area (Å²) < 4.78 is 52.6. The Bertz CT molecular complexity index is 894. The maximum absolute atomic E-state index is 12.4. The molecule has 1 N–H and O–H groups in total. The molecule has 0 fully saturated rings. The number of alkyl halides is 2. The van der Waals surface area contributed by atoms with Crippen LogP contribution in [0.15, 0.2) is 59.5 Å². The minimum atomic E-state index is -3.31. The fourth-order valence-electron chi connectivity index (χ4n) is 2.08. The molecule has 2 aromatic carbocycles. The van der Waals surface area contributed by atoms with Crippen LogP contribution in [0, 0.1) is 0 Å². The highest BCUT2D eigenvalue weighted by molar-refractivity contribution is 7.91. The summed E-state index contributed by atoms with van der Waals surface area (Å²) in [5.74, 6) is -0.551. The van der Waals surface area contributed by atoms with Gasteiger partial charge in [-0.1, -0.05) is 25.1 Å². The molecule has 0 unspecified atom stereocenters. The number of rotatable bonds is 7. The highest BCUT2D eigenvalue weighted by Gasteiger charge is 2.11. The zero-order valence-electron chi connectivity index (χ0n) is 13.9. The second-order valence-electron chi connectivity index (χ2n) is 5.17. The zero-order valence-corrected chi connectivity index (χ0v) is 14.7. The standard InChI is InChI=1S/C18H17F2NO4S/c1-2-26(23,24)15-10-8-14(9-11-15)21-17(22)12-7-13-5-3-4-6-16(13)25-18(19)20/h3-12,18H,2H2,1H3,(H,21,22)/b12-7+. The summed E-state index contributed by atoms with van der Waals surface area (Å²) in [6.45, 7) is -1.41. The molecular formula is C18H17F2NO4S. The summed E-state index contributed by atoms with van der Waals surface area (Å²) in [6.07, 6.45) is 2.52. The van der Waals surface area contributed by atoms with E-state index in [9.17, 15) is 22.0 Å². The quantitative estimate of drug-likeness (QED) is 0.742. The number of ether oxygens (including phenoxy) is 1. The van der Waals surface area contributed by atoms with E-state index >= 15 is 0 Å². The molecule has 0 saturated carbocycles. The Morgan fingerprint density at radius 2 is 1.81 bits per heavy atom. The van der Waals surface area contributed by atoms with E-state index in [1.165, 1.54) is 48.6 Å². The summed E-state index contributed by atoms with van der Waals surface area (Å²) in [7, 11) is -3.31. The summed E-state index contributed by atoms with van der Waals surface area (Å²) in [5.41, 5.74) is 0.735. The Hall–Kier alpha value is -2.74. The van der Waals surface area contributed by atoms with Crippen LogP contribution in [0.2, 0.25) is 0 Å². The number of para-hydroxylation sites is 1. The van der Waals surface area contributed by atoms with Crippen LogP contribution in [0.5, 0.6) is 5.75 Å². The topological polar surface area (TPSA) is 72.5 Å². The van der Waals surface area contributed by atoms with Gasteiger partial charge in [0.2, 0.25) is 5.91 Å². The van der Waals surface area contributed by atoms with E-state index in [1.54, 1.807) is 19.1 Å². The van der Waals surface area contributed by atoms with Gasteiger partial charge in [0, 0.05) is 17.3 Å². The van der Waals surface area contributed by atoms with Gasteiger partial charge in [-0.25, -0.2) is 8.42 Å². The lowest BCUT2D eigenvalue weighted by molar-refractivity contribution is -0.111. The lowest BCUT2D eigenvalue weighted by atomic mass is 10.2. The number of halogens is 2. The monoisotopic (exact) mass is 381 g/mol. The van der Waals surface area contributed by atoms with E-state index in [1.807, 2.05) is 0 Å². The SMILES string of the molecule is CCS(=O)(=O)c1ccc(NC(=O)/C=C/c2ccccc2OC(F)F)cc1. The Morgan fingerprint density at radius 3 is 2.42 bits per heavy atom. The van der Waals surface area contributed by atoms with Crippen molar-refractivity contribution in [3.63, 3.8) is 0 Å². The Morgan fingerprint density at radius 1 is 1.15 bits per heavy atom. The van der Waals surface area contributed by atoms with Crippen molar-refractivity contribution in [1.82, 2.24) is 0 Å². The van der Waals surface area contributed by atoms with Crippen LogP contribution in [0.1, 0.15) is 12.5 Å². The van der Waals surface area contributed by atoms with E-state index in [0.717, 1.165) is 0 Å². The number of hydrogen-bond donors (Lipinski definition) is 1. The van der Waals surface area contributed by atoms with Gasteiger partial charge in [-0.3, -0.25) is 4.79 Å². The molecule has 138 valence electrons. The van der Waals surface area contributed by atoms with Crippen molar-refractivity contribution in [2.24, 2.45) is 0 Å². The van der Waals surface area contributed by atoms with Crippen molar-refractivity contribution in [1.29, 1.82) is 0 Å². The normalized spacial score (nSPS) is 11.7. The van der Waals surface area contributed by atoms with Gasteiger partial charge in [0.05, 0.1) is 10.6 Å². The van der Waals surface area contributed by atoms with Crippen LogP contribution in [0.3, 0.4) is 0 Å². The van der Waals surface area contributed by atoms with Gasteiger partial charge in [-0.2, -0.15) is 8.78 Å². The van der Waals surface area contributed by atoms with Crippen LogP contribution < -0.4 is 10.1 Å². The first-order valence-electron chi connectivity index (χ1n) is 7.67.